The van der Waals surface area contributed by atoms with Crippen LogP contribution in [0.25, 0.3) is 0 Å². The highest BCUT2D eigenvalue weighted by molar-refractivity contribution is 7.99. The molecule has 1 fully saturated rings. The second-order valence-corrected chi connectivity index (χ2v) is 5.52. The number of likely N-dealkylation sites (tertiary alicyclic amines) is 1. The van der Waals surface area contributed by atoms with Gasteiger partial charge < -0.3 is 4.90 Å². The largest absolute Gasteiger partial charge is 0.342 e. The molecule has 1 saturated heterocycles. The molecule has 0 atom stereocenters. The minimum absolute atomic E-state index is 0.243. The zero-order chi connectivity index (χ0) is 12.1. The molecule has 2 rings (SSSR count). The van der Waals surface area contributed by atoms with Crippen LogP contribution in [0.3, 0.4) is 0 Å². The molecule has 0 aliphatic carbocycles. The number of pyridine rings is 1. The Hall–Kier alpha value is -1.03. The molecule has 4 heteroatoms. The number of hydrogen-bond acceptors (Lipinski definition) is 3. The summed E-state index contributed by atoms with van der Waals surface area (Å²) in [6.45, 7) is 4.09. The zero-order valence-corrected chi connectivity index (χ0v) is 10.9. The van der Waals surface area contributed by atoms with E-state index in [4.69, 9.17) is 0 Å². The topological polar surface area (TPSA) is 33.2 Å². The van der Waals surface area contributed by atoms with Crippen molar-refractivity contribution in [2.75, 3.05) is 18.8 Å². The lowest BCUT2D eigenvalue weighted by Gasteiger charge is -2.30. The first-order valence-corrected chi connectivity index (χ1v) is 7.06. The molecule has 0 unspecified atom stereocenters. The molecule has 0 spiro atoms. The Morgan fingerprint density at radius 3 is 2.88 bits per heavy atom. The third-order valence-corrected chi connectivity index (χ3v) is 4.05. The van der Waals surface area contributed by atoms with Crippen molar-refractivity contribution in [3.05, 3.63) is 24.4 Å². The van der Waals surface area contributed by atoms with Gasteiger partial charge in [-0.3, -0.25) is 4.79 Å². The average Bonchev–Trinajstić information content (AvgIpc) is 2.38. The van der Waals surface area contributed by atoms with Gasteiger partial charge in [-0.15, -0.1) is 0 Å². The molecule has 92 valence electrons. The predicted molar refractivity (Wildman–Crippen MR) is 69.9 cm³/mol. The van der Waals surface area contributed by atoms with Crippen LogP contribution in [-0.2, 0) is 4.79 Å². The molecule has 1 aliphatic rings. The zero-order valence-electron chi connectivity index (χ0n) is 10.1. The Morgan fingerprint density at radius 2 is 2.24 bits per heavy atom. The first-order valence-electron chi connectivity index (χ1n) is 6.07. The van der Waals surface area contributed by atoms with E-state index in [1.165, 1.54) is 11.8 Å². The standard InChI is InChI=1S/C13H18N2OS/c1-11-5-8-15(9-6-11)13(16)10-17-12-4-2-3-7-14-12/h2-4,7,11H,5-6,8-10H2,1H3. The van der Waals surface area contributed by atoms with E-state index in [1.54, 1.807) is 6.20 Å². The van der Waals surface area contributed by atoms with Gasteiger partial charge in [-0.1, -0.05) is 24.8 Å². The number of amides is 1. The molecule has 0 bridgehead atoms. The van der Waals surface area contributed by atoms with Crippen LogP contribution in [0.5, 0.6) is 0 Å². The number of thioether (sulfide) groups is 1. The quantitative estimate of drug-likeness (QED) is 0.773. The number of carbonyl (C=O) groups excluding carboxylic acids is 1. The molecule has 1 aromatic rings. The Bertz CT molecular complexity index is 361. The van der Waals surface area contributed by atoms with Gasteiger partial charge >= 0.3 is 0 Å². The van der Waals surface area contributed by atoms with Crippen molar-refractivity contribution < 1.29 is 4.79 Å². The Labute approximate surface area is 107 Å². The maximum absolute atomic E-state index is 12.0. The van der Waals surface area contributed by atoms with Crippen LogP contribution in [0, 0.1) is 5.92 Å². The minimum Gasteiger partial charge on any atom is -0.342 e. The van der Waals surface area contributed by atoms with Crippen molar-refractivity contribution in [1.82, 2.24) is 9.88 Å². The van der Waals surface area contributed by atoms with Crippen molar-refractivity contribution in [3.63, 3.8) is 0 Å². The molecule has 1 aromatic heterocycles. The fraction of sp³-hybridized carbons (Fsp3) is 0.538. The second-order valence-electron chi connectivity index (χ2n) is 4.52. The van der Waals surface area contributed by atoms with Gasteiger partial charge in [0.1, 0.15) is 0 Å². The molecule has 2 heterocycles. The first kappa shape index (κ1) is 12.4. The van der Waals surface area contributed by atoms with Crippen LogP contribution >= 0.6 is 11.8 Å². The molecule has 1 amide bonds. The molecular weight excluding hydrogens is 232 g/mol. The van der Waals surface area contributed by atoms with Gasteiger partial charge in [0, 0.05) is 19.3 Å². The Kier molecular flexibility index (Phi) is 4.42. The number of aromatic nitrogens is 1. The monoisotopic (exact) mass is 250 g/mol. The number of piperidine rings is 1. The van der Waals surface area contributed by atoms with Crippen molar-refractivity contribution in [1.29, 1.82) is 0 Å². The summed E-state index contributed by atoms with van der Waals surface area (Å²) in [4.78, 5) is 18.1. The summed E-state index contributed by atoms with van der Waals surface area (Å²) in [5.74, 6) is 1.51. The van der Waals surface area contributed by atoms with Crippen LogP contribution in [0.1, 0.15) is 19.8 Å². The molecular formula is C13H18N2OS. The molecule has 0 N–H and O–H groups in total. The van der Waals surface area contributed by atoms with Crippen molar-refractivity contribution in [2.45, 2.75) is 24.8 Å². The maximum atomic E-state index is 12.0. The lowest BCUT2D eigenvalue weighted by molar-refractivity contribution is -0.129. The molecule has 3 nitrogen and oxygen atoms in total. The van der Waals surface area contributed by atoms with Crippen LogP contribution in [0.15, 0.2) is 29.4 Å². The van der Waals surface area contributed by atoms with E-state index in [9.17, 15) is 4.79 Å². The van der Waals surface area contributed by atoms with E-state index in [0.717, 1.165) is 36.9 Å². The lowest BCUT2D eigenvalue weighted by atomic mass is 9.99. The third kappa shape index (κ3) is 3.73. The van der Waals surface area contributed by atoms with E-state index < -0.39 is 0 Å². The second kappa shape index (κ2) is 6.05. The predicted octanol–water partition coefficient (Wildman–Crippen LogP) is 2.43. The number of nitrogens with zero attached hydrogens (tertiary/aromatic N) is 2. The fourth-order valence-corrected chi connectivity index (χ4v) is 2.68. The van der Waals surface area contributed by atoms with Crippen molar-refractivity contribution in [2.24, 2.45) is 5.92 Å². The van der Waals surface area contributed by atoms with E-state index >= 15 is 0 Å². The number of rotatable bonds is 3. The van der Waals surface area contributed by atoms with Crippen LogP contribution < -0.4 is 0 Å². The summed E-state index contributed by atoms with van der Waals surface area (Å²) in [6.07, 6.45) is 4.04. The van der Waals surface area contributed by atoms with Gasteiger partial charge in [-0.05, 0) is 30.9 Å². The third-order valence-electron chi connectivity index (χ3n) is 3.12. The molecule has 0 saturated carbocycles. The summed E-state index contributed by atoms with van der Waals surface area (Å²) in [5, 5.41) is 0.922. The number of carbonyl (C=O) groups is 1. The van der Waals surface area contributed by atoms with Gasteiger partial charge in [0.15, 0.2) is 0 Å². The summed E-state index contributed by atoms with van der Waals surface area (Å²) in [6, 6.07) is 5.77. The molecule has 17 heavy (non-hydrogen) atoms. The van der Waals surface area contributed by atoms with E-state index in [1.807, 2.05) is 23.1 Å². The summed E-state index contributed by atoms with van der Waals surface area (Å²) in [7, 11) is 0. The summed E-state index contributed by atoms with van der Waals surface area (Å²) in [5.41, 5.74) is 0. The highest BCUT2D eigenvalue weighted by atomic mass is 32.2. The highest BCUT2D eigenvalue weighted by Gasteiger charge is 2.20. The summed E-state index contributed by atoms with van der Waals surface area (Å²) >= 11 is 1.52. The van der Waals surface area contributed by atoms with Gasteiger partial charge in [0.05, 0.1) is 10.8 Å². The van der Waals surface area contributed by atoms with Crippen molar-refractivity contribution >= 4 is 17.7 Å². The van der Waals surface area contributed by atoms with E-state index in [0.29, 0.717) is 5.75 Å². The van der Waals surface area contributed by atoms with Crippen molar-refractivity contribution in [3.8, 4) is 0 Å². The lowest BCUT2D eigenvalue weighted by Crippen LogP contribution is -2.38. The average molecular weight is 250 g/mol. The Balaban J connectivity index is 1.78. The maximum Gasteiger partial charge on any atom is 0.232 e. The van der Waals surface area contributed by atoms with Crippen LogP contribution in [0.2, 0.25) is 0 Å². The fourth-order valence-electron chi connectivity index (χ4n) is 1.92. The Morgan fingerprint density at radius 1 is 1.47 bits per heavy atom. The highest BCUT2D eigenvalue weighted by Crippen LogP contribution is 2.19. The van der Waals surface area contributed by atoms with E-state index in [-0.39, 0.29) is 5.91 Å². The molecule has 0 radical (unpaired) electrons. The normalized spacial score (nSPS) is 17.1. The summed E-state index contributed by atoms with van der Waals surface area (Å²) < 4.78 is 0. The molecule has 0 aromatic carbocycles. The van der Waals surface area contributed by atoms with Gasteiger partial charge in [-0.25, -0.2) is 4.98 Å². The van der Waals surface area contributed by atoms with Gasteiger partial charge in [0.2, 0.25) is 5.91 Å². The molecule has 1 aliphatic heterocycles. The SMILES string of the molecule is CC1CCN(C(=O)CSc2ccccn2)CC1. The number of hydrogen-bond donors (Lipinski definition) is 0. The van der Waals surface area contributed by atoms with Gasteiger partial charge in [-0.2, -0.15) is 0 Å². The van der Waals surface area contributed by atoms with E-state index in [2.05, 4.69) is 11.9 Å². The van der Waals surface area contributed by atoms with Crippen LogP contribution in [0.4, 0.5) is 0 Å². The smallest absolute Gasteiger partial charge is 0.232 e. The van der Waals surface area contributed by atoms with Crippen LogP contribution in [-0.4, -0.2) is 34.6 Å². The first-order chi connectivity index (χ1) is 8.25. The minimum atomic E-state index is 0.243. The van der Waals surface area contributed by atoms with Gasteiger partial charge in [0.25, 0.3) is 0 Å².